The molecule has 0 atom stereocenters. The summed E-state index contributed by atoms with van der Waals surface area (Å²) in [6.45, 7) is 3.39. The predicted molar refractivity (Wildman–Crippen MR) is 120 cm³/mol. The van der Waals surface area contributed by atoms with Crippen LogP contribution in [0.1, 0.15) is 29.9 Å². The first-order valence-corrected chi connectivity index (χ1v) is 11.2. The summed E-state index contributed by atoms with van der Waals surface area (Å²) < 4.78 is 5.78. The summed E-state index contributed by atoms with van der Waals surface area (Å²) >= 11 is 1.94. The molecule has 3 rings (SSSR count). The Morgan fingerprint density at radius 2 is 1.57 bits per heavy atom. The summed E-state index contributed by atoms with van der Waals surface area (Å²) in [5, 5.41) is 7.10. The summed E-state index contributed by atoms with van der Waals surface area (Å²) in [6, 6.07) is 21.3. The van der Waals surface area contributed by atoms with E-state index in [1.807, 2.05) is 18.8 Å². The van der Waals surface area contributed by atoms with E-state index in [1.165, 1.54) is 11.1 Å². The molecule has 1 saturated heterocycles. The van der Waals surface area contributed by atoms with Gasteiger partial charge in [0.05, 0.1) is 0 Å². The van der Waals surface area contributed by atoms with Gasteiger partial charge in [0.15, 0.2) is 5.96 Å². The topological polar surface area (TPSA) is 45.7 Å². The summed E-state index contributed by atoms with van der Waals surface area (Å²) in [5.41, 5.74) is 2.61. The average Bonchev–Trinajstić information content (AvgIpc) is 2.78. The molecule has 0 spiro atoms. The molecule has 0 saturated carbocycles. The minimum absolute atomic E-state index is 0.230. The van der Waals surface area contributed by atoms with E-state index >= 15 is 0 Å². The standard InChI is InChI=1S/C23H31N3OS/c1-24-22(26-18-23(28-2)13-15-27-16-14-23)25-17-21(19-9-5-3-6-10-19)20-11-7-4-8-12-20/h3-12,21H,13-18H2,1-2H3,(H2,24,25,26). The SMILES string of the molecule is CN=C(NCC(c1ccccc1)c1ccccc1)NCC1(SC)CCOCC1. The fourth-order valence-electron chi connectivity index (χ4n) is 3.66. The molecule has 5 heteroatoms. The number of aliphatic imine (C=N–C) groups is 1. The smallest absolute Gasteiger partial charge is 0.191 e. The highest BCUT2D eigenvalue weighted by molar-refractivity contribution is 8.00. The Kier molecular flexibility index (Phi) is 7.80. The van der Waals surface area contributed by atoms with E-state index in [9.17, 15) is 0 Å². The van der Waals surface area contributed by atoms with E-state index in [2.05, 4.69) is 82.5 Å². The molecule has 0 aromatic heterocycles. The van der Waals surface area contributed by atoms with Gasteiger partial charge in [-0.2, -0.15) is 11.8 Å². The average molecular weight is 398 g/mol. The van der Waals surface area contributed by atoms with Gasteiger partial charge in [-0.1, -0.05) is 60.7 Å². The molecule has 2 aromatic rings. The number of nitrogens with zero attached hydrogens (tertiary/aromatic N) is 1. The maximum Gasteiger partial charge on any atom is 0.191 e. The number of thioether (sulfide) groups is 1. The van der Waals surface area contributed by atoms with Crippen molar-refractivity contribution < 1.29 is 4.74 Å². The Morgan fingerprint density at radius 3 is 2.07 bits per heavy atom. The zero-order valence-corrected chi connectivity index (χ0v) is 17.7. The van der Waals surface area contributed by atoms with Crippen molar-refractivity contribution in [3.8, 4) is 0 Å². The molecule has 1 fully saturated rings. The zero-order valence-electron chi connectivity index (χ0n) is 16.9. The van der Waals surface area contributed by atoms with E-state index in [0.29, 0.717) is 0 Å². The Bertz CT molecular complexity index is 691. The molecule has 0 bridgehead atoms. The monoisotopic (exact) mass is 397 g/mol. The van der Waals surface area contributed by atoms with E-state index in [1.54, 1.807) is 0 Å². The van der Waals surface area contributed by atoms with Crippen LogP contribution in [0.4, 0.5) is 0 Å². The molecule has 150 valence electrons. The van der Waals surface area contributed by atoms with Crippen LogP contribution in [0.25, 0.3) is 0 Å². The molecule has 28 heavy (non-hydrogen) atoms. The van der Waals surface area contributed by atoms with Crippen LogP contribution in [-0.4, -0.2) is 50.3 Å². The third-order valence-corrected chi connectivity index (χ3v) is 6.93. The van der Waals surface area contributed by atoms with Gasteiger partial charge in [-0.3, -0.25) is 4.99 Å². The third kappa shape index (κ3) is 5.52. The first-order chi connectivity index (χ1) is 13.8. The van der Waals surface area contributed by atoms with E-state index in [0.717, 1.165) is 45.1 Å². The van der Waals surface area contributed by atoms with Crippen LogP contribution >= 0.6 is 11.8 Å². The van der Waals surface area contributed by atoms with Gasteiger partial charge in [-0.05, 0) is 30.2 Å². The Labute approximate surface area is 173 Å². The molecule has 0 aliphatic carbocycles. The highest BCUT2D eigenvalue weighted by Gasteiger charge is 2.31. The van der Waals surface area contributed by atoms with Gasteiger partial charge in [0.1, 0.15) is 0 Å². The van der Waals surface area contributed by atoms with Crippen molar-refractivity contribution in [2.45, 2.75) is 23.5 Å². The zero-order chi connectivity index (χ0) is 19.7. The molecule has 1 aliphatic rings. The third-order valence-electron chi connectivity index (χ3n) is 5.52. The van der Waals surface area contributed by atoms with Crippen molar-refractivity contribution >= 4 is 17.7 Å². The highest BCUT2D eigenvalue weighted by Crippen LogP contribution is 2.33. The summed E-state index contributed by atoms with van der Waals surface area (Å²) in [7, 11) is 1.84. The van der Waals surface area contributed by atoms with Crippen molar-refractivity contribution in [2.24, 2.45) is 4.99 Å². The van der Waals surface area contributed by atoms with Gasteiger partial charge >= 0.3 is 0 Å². The van der Waals surface area contributed by atoms with Crippen molar-refractivity contribution in [3.63, 3.8) is 0 Å². The molecule has 0 amide bonds. The maximum atomic E-state index is 5.55. The Hall–Kier alpha value is -1.98. The minimum Gasteiger partial charge on any atom is -0.381 e. The lowest BCUT2D eigenvalue weighted by Crippen LogP contribution is -2.48. The second-order valence-electron chi connectivity index (χ2n) is 7.18. The Balaban J connectivity index is 1.64. The maximum absolute atomic E-state index is 5.55. The molecule has 1 heterocycles. The number of nitrogens with one attached hydrogen (secondary N) is 2. The van der Waals surface area contributed by atoms with Crippen LogP contribution in [0.3, 0.4) is 0 Å². The van der Waals surface area contributed by atoms with Gasteiger partial charge < -0.3 is 15.4 Å². The lowest BCUT2D eigenvalue weighted by molar-refractivity contribution is 0.0783. The largest absolute Gasteiger partial charge is 0.381 e. The van der Waals surface area contributed by atoms with Crippen molar-refractivity contribution in [1.82, 2.24) is 10.6 Å². The van der Waals surface area contributed by atoms with Crippen LogP contribution in [0, 0.1) is 0 Å². The van der Waals surface area contributed by atoms with Crippen molar-refractivity contribution in [3.05, 3.63) is 71.8 Å². The van der Waals surface area contributed by atoms with E-state index < -0.39 is 0 Å². The van der Waals surface area contributed by atoms with Crippen LogP contribution < -0.4 is 10.6 Å². The summed E-state index contributed by atoms with van der Waals surface area (Å²) in [6.07, 6.45) is 4.35. The number of hydrogen-bond donors (Lipinski definition) is 2. The molecule has 2 aromatic carbocycles. The molecular weight excluding hydrogens is 366 g/mol. The van der Waals surface area contributed by atoms with E-state index in [-0.39, 0.29) is 10.7 Å². The quantitative estimate of drug-likeness (QED) is 0.549. The molecule has 1 aliphatic heterocycles. The lowest BCUT2D eigenvalue weighted by Gasteiger charge is -2.36. The number of rotatable bonds is 7. The number of benzene rings is 2. The number of hydrogen-bond acceptors (Lipinski definition) is 3. The molecule has 4 nitrogen and oxygen atoms in total. The van der Waals surface area contributed by atoms with Gasteiger partial charge in [0.25, 0.3) is 0 Å². The Morgan fingerprint density at radius 1 is 1.00 bits per heavy atom. The number of ether oxygens (including phenoxy) is 1. The molecule has 0 radical (unpaired) electrons. The first kappa shape index (κ1) is 20.7. The summed E-state index contributed by atoms with van der Waals surface area (Å²) in [4.78, 5) is 4.45. The molecule has 0 unspecified atom stereocenters. The van der Waals surface area contributed by atoms with Gasteiger partial charge in [0, 0.05) is 44.0 Å². The minimum atomic E-state index is 0.230. The van der Waals surface area contributed by atoms with Gasteiger partial charge in [0.2, 0.25) is 0 Å². The molecular formula is C23H31N3OS. The van der Waals surface area contributed by atoms with Crippen molar-refractivity contribution in [2.75, 3.05) is 39.6 Å². The molecule has 2 N–H and O–H groups in total. The fraction of sp³-hybridized carbons (Fsp3) is 0.435. The fourth-order valence-corrected chi connectivity index (χ4v) is 4.45. The van der Waals surface area contributed by atoms with Gasteiger partial charge in [-0.25, -0.2) is 0 Å². The van der Waals surface area contributed by atoms with Crippen LogP contribution in [0.5, 0.6) is 0 Å². The van der Waals surface area contributed by atoms with E-state index in [4.69, 9.17) is 4.74 Å². The second-order valence-corrected chi connectivity index (χ2v) is 8.45. The first-order valence-electron chi connectivity index (χ1n) is 9.94. The van der Waals surface area contributed by atoms with Crippen molar-refractivity contribution in [1.29, 1.82) is 0 Å². The normalized spacial score (nSPS) is 16.8. The van der Waals surface area contributed by atoms with Gasteiger partial charge in [-0.15, -0.1) is 0 Å². The van der Waals surface area contributed by atoms with Crippen LogP contribution in [0.2, 0.25) is 0 Å². The predicted octanol–water partition coefficient (Wildman–Crippen LogP) is 3.90. The second kappa shape index (κ2) is 10.5. The lowest BCUT2D eigenvalue weighted by atomic mass is 9.91. The number of guanidine groups is 1. The van der Waals surface area contributed by atoms with Crippen LogP contribution in [0.15, 0.2) is 65.7 Å². The summed E-state index contributed by atoms with van der Waals surface area (Å²) in [5.74, 6) is 1.13. The van der Waals surface area contributed by atoms with Crippen LogP contribution in [-0.2, 0) is 4.74 Å². The highest BCUT2D eigenvalue weighted by atomic mass is 32.2.